The van der Waals surface area contributed by atoms with E-state index in [1.165, 1.54) is 14.0 Å². The van der Waals surface area contributed by atoms with Gasteiger partial charge in [0.1, 0.15) is 22.8 Å². The Balaban J connectivity index is 1.95. The lowest BCUT2D eigenvalue weighted by Gasteiger charge is -2.12. The van der Waals surface area contributed by atoms with E-state index < -0.39 is 0 Å². The van der Waals surface area contributed by atoms with Crippen molar-refractivity contribution in [2.75, 3.05) is 17.7 Å². The highest BCUT2D eigenvalue weighted by Crippen LogP contribution is 2.30. The van der Waals surface area contributed by atoms with E-state index in [0.717, 1.165) is 5.56 Å². The zero-order valence-corrected chi connectivity index (χ0v) is 15.2. The molecule has 0 saturated heterocycles. The Morgan fingerprint density at radius 2 is 1.81 bits per heavy atom. The molecule has 0 aliphatic rings. The highest BCUT2D eigenvalue weighted by molar-refractivity contribution is 6.09. The molecule has 0 fully saturated rings. The normalized spacial score (nSPS) is 10.3. The molecule has 0 unspecified atom stereocenters. The first-order valence-corrected chi connectivity index (χ1v) is 8.28. The van der Waals surface area contributed by atoms with Crippen molar-refractivity contribution < 1.29 is 18.8 Å². The maximum absolute atomic E-state index is 12.9. The molecule has 0 atom stereocenters. The highest BCUT2D eigenvalue weighted by Gasteiger charge is 2.22. The number of aryl methyl sites for hydroxylation is 1. The maximum atomic E-state index is 12.9. The van der Waals surface area contributed by atoms with Gasteiger partial charge in [-0.25, -0.2) is 0 Å². The summed E-state index contributed by atoms with van der Waals surface area (Å²) in [5.74, 6) is 0.278. The molecule has 0 saturated carbocycles. The van der Waals surface area contributed by atoms with Gasteiger partial charge in [0, 0.05) is 18.2 Å². The van der Waals surface area contributed by atoms with Crippen molar-refractivity contribution in [2.45, 2.75) is 13.8 Å². The van der Waals surface area contributed by atoms with Gasteiger partial charge in [-0.05, 0) is 25.1 Å². The van der Waals surface area contributed by atoms with Gasteiger partial charge in [0.15, 0.2) is 0 Å². The molecule has 138 valence electrons. The van der Waals surface area contributed by atoms with Crippen LogP contribution >= 0.6 is 0 Å². The number of nitrogens with one attached hydrogen (secondary N) is 2. The van der Waals surface area contributed by atoms with E-state index >= 15 is 0 Å². The van der Waals surface area contributed by atoms with E-state index in [-0.39, 0.29) is 11.8 Å². The van der Waals surface area contributed by atoms with Crippen molar-refractivity contribution in [3.63, 3.8) is 0 Å². The Kier molecular flexibility index (Phi) is 5.21. The molecule has 3 aromatic rings. The summed E-state index contributed by atoms with van der Waals surface area (Å²) >= 11 is 0. The molecule has 0 aliphatic carbocycles. The lowest BCUT2D eigenvalue weighted by molar-refractivity contribution is -0.114. The van der Waals surface area contributed by atoms with Crippen LogP contribution in [0.2, 0.25) is 0 Å². The van der Waals surface area contributed by atoms with E-state index in [1.807, 2.05) is 30.3 Å². The number of anilines is 2. The molecule has 7 heteroatoms. The van der Waals surface area contributed by atoms with Crippen LogP contribution in [0.4, 0.5) is 11.4 Å². The molecule has 0 spiro atoms. The molecule has 3 rings (SSSR count). The molecule has 1 aromatic heterocycles. The van der Waals surface area contributed by atoms with Crippen molar-refractivity contribution in [3.05, 3.63) is 59.9 Å². The number of ether oxygens (including phenoxy) is 1. The minimum atomic E-state index is -0.383. The van der Waals surface area contributed by atoms with Gasteiger partial charge in [-0.1, -0.05) is 35.5 Å². The molecule has 1 heterocycles. The molecule has 0 radical (unpaired) electrons. The first kappa shape index (κ1) is 18.2. The van der Waals surface area contributed by atoms with Crippen LogP contribution in [0.3, 0.4) is 0 Å². The second-order valence-corrected chi connectivity index (χ2v) is 5.88. The zero-order chi connectivity index (χ0) is 19.4. The second-order valence-electron chi connectivity index (χ2n) is 5.88. The summed E-state index contributed by atoms with van der Waals surface area (Å²) < 4.78 is 10.5. The number of amides is 2. The first-order chi connectivity index (χ1) is 13.0. The molecular weight excluding hydrogens is 346 g/mol. The van der Waals surface area contributed by atoms with Crippen LogP contribution in [-0.2, 0) is 4.79 Å². The van der Waals surface area contributed by atoms with Crippen LogP contribution in [0.25, 0.3) is 11.3 Å². The van der Waals surface area contributed by atoms with E-state index in [2.05, 4.69) is 15.8 Å². The van der Waals surface area contributed by atoms with Crippen LogP contribution in [0.5, 0.6) is 5.75 Å². The standard InChI is InChI=1S/C20H19N3O4/c1-12-18(19(23-27-12)14-7-5-4-6-8-14)20(25)22-16-11-15(21-13(2)24)9-10-17(16)26-3/h4-11H,1-3H3,(H,21,24)(H,22,25). The monoisotopic (exact) mass is 365 g/mol. The van der Waals surface area contributed by atoms with Crippen LogP contribution in [-0.4, -0.2) is 24.1 Å². The van der Waals surface area contributed by atoms with Gasteiger partial charge >= 0.3 is 0 Å². The Bertz CT molecular complexity index is 980. The minimum absolute atomic E-state index is 0.210. The quantitative estimate of drug-likeness (QED) is 0.716. The Labute approximate surface area is 156 Å². The summed E-state index contributed by atoms with van der Waals surface area (Å²) in [5, 5.41) is 9.51. The van der Waals surface area contributed by atoms with Gasteiger partial charge in [-0.15, -0.1) is 0 Å². The third kappa shape index (κ3) is 3.98. The van der Waals surface area contributed by atoms with Gasteiger partial charge in [-0.2, -0.15) is 0 Å². The summed E-state index contributed by atoms with van der Waals surface area (Å²) in [6.07, 6.45) is 0. The van der Waals surface area contributed by atoms with Gasteiger partial charge in [0.25, 0.3) is 5.91 Å². The topological polar surface area (TPSA) is 93.5 Å². The summed E-state index contributed by atoms with van der Waals surface area (Å²) in [6.45, 7) is 3.09. The van der Waals surface area contributed by atoms with E-state index in [1.54, 1.807) is 25.1 Å². The maximum Gasteiger partial charge on any atom is 0.261 e. The molecule has 27 heavy (non-hydrogen) atoms. The predicted molar refractivity (Wildman–Crippen MR) is 102 cm³/mol. The minimum Gasteiger partial charge on any atom is -0.495 e. The second kappa shape index (κ2) is 7.74. The molecule has 2 aromatic carbocycles. The van der Waals surface area contributed by atoms with E-state index in [0.29, 0.717) is 34.1 Å². The number of hydrogen-bond donors (Lipinski definition) is 2. The fourth-order valence-corrected chi connectivity index (χ4v) is 2.70. The largest absolute Gasteiger partial charge is 0.495 e. The van der Waals surface area contributed by atoms with Gasteiger partial charge in [-0.3, -0.25) is 9.59 Å². The fourth-order valence-electron chi connectivity index (χ4n) is 2.70. The summed E-state index contributed by atoms with van der Waals surface area (Å²) in [5.41, 5.74) is 2.55. The zero-order valence-electron chi connectivity index (χ0n) is 15.2. The third-order valence-corrected chi connectivity index (χ3v) is 3.91. The Morgan fingerprint density at radius 1 is 1.07 bits per heavy atom. The average molecular weight is 365 g/mol. The summed E-state index contributed by atoms with van der Waals surface area (Å²) in [6, 6.07) is 14.3. The fraction of sp³-hybridized carbons (Fsp3) is 0.150. The van der Waals surface area contributed by atoms with Crippen LogP contribution in [0, 0.1) is 6.92 Å². The molecule has 2 amide bonds. The smallest absolute Gasteiger partial charge is 0.261 e. The number of carbonyl (C=O) groups is 2. The molecule has 0 bridgehead atoms. The van der Waals surface area contributed by atoms with Gasteiger partial charge in [0.2, 0.25) is 5.91 Å². The first-order valence-electron chi connectivity index (χ1n) is 8.28. The van der Waals surface area contributed by atoms with Crippen LogP contribution in [0.1, 0.15) is 23.0 Å². The summed E-state index contributed by atoms with van der Waals surface area (Å²) in [4.78, 5) is 24.2. The third-order valence-electron chi connectivity index (χ3n) is 3.91. The molecule has 2 N–H and O–H groups in total. The number of aromatic nitrogens is 1. The number of methoxy groups -OCH3 is 1. The number of rotatable bonds is 5. The van der Waals surface area contributed by atoms with Crippen molar-refractivity contribution in [1.82, 2.24) is 5.16 Å². The molecule has 7 nitrogen and oxygen atoms in total. The van der Waals surface area contributed by atoms with Crippen molar-refractivity contribution in [2.24, 2.45) is 0 Å². The Morgan fingerprint density at radius 3 is 2.48 bits per heavy atom. The van der Waals surface area contributed by atoms with Crippen molar-refractivity contribution in [3.8, 4) is 17.0 Å². The van der Waals surface area contributed by atoms with Crippen LogP contribution < -0.4 is 15.4 Å². The number of carbonyl (C=O) groups excluding carboxylic acids is 2. The number of benzene rings is 2. The van der Waals surface area contributed by atoms with Crippen molar-refractivity contribution in [1.29, 1.82) is 0 Å². The van der Waals surface area contributed by atoms with E-state index in [4.69, 9.17) is 9.26 Å². The predicted octanol–water partition coefficient (Wildman–Crippen LogP) is 3.87. The lowest BCUT2D eigenvalue weighted by atomic mass is 10.1. The van der Waals surface area contributed by atoms with Crippen LogP contribution in [0.15, 0.2) is 53.1 Å². The molecule has 0 aliphatic heterocycles. The average Bonchev–Trinajstić information content (AvgIpc) is 3.04. The molecular formula is C20H19N3O4. The summed E-state index contributed by atoms with van der Waals surface area (Å²) in [7, 11) is 1.50. The van der Waals surface area contributed by atoms with E-state index in [9.17, 15) is 9.59 Å². The van der Waals surface area contributed by atoms with Crippen molar-refractivity contribution >= 4 is 23.2 Å². The number of nitrogens with zero attached hydrogens (tertiary/aromatic N) is 1. The SMILES string of the molecule is COc1ccc(NC(C)=O)cc1NC(=O)c1c(-c2ccccc2)noc1C. The highest BCUT2D eigenvalue weighted by atomic mass is 16.5. The Hall–Kier alpha value is -3.61. The van der Waals surface area contributed by atoms with Gasteiger partial charge < -0.3 is 19.9 Å². The number of hydrogen-bond acceptors (Lipinski definition) is 5. The van der Waals surface area contributed by atoms with Gasteiger partial charge in [0.05, 0.1) is 12.8 Å². The lowest BCUT2D eigenvalue weighted by Crippen LogP contribution is -2.15.